The van der Waals surface area contributed by atoms with Gasteiger partial charge in [0.2, 0.25) is 0 Å². The first-order valence-corrected chi connectivity index (χ1v) is 11.9. The molecule has 2 heterocycles. The summed E-state index contributed by atoms with van der Waals surface area (Å²) in [5.74, 6) is 1.18. The summed E-state index contributed by atoms with van der Waals surface area (Å²) >= 11 is 12.6. The molecule has 0 radical (unpaired) electrons. The highest BCUT2D eigenvalue weighted by atomic mass is 35.5. The number of nitriles is 1. The second-order valence-corrected chi connectivity index (χ2v) is 8.92. The zero-order valence-electron chi connectivity index (χ0n) is 19.2. The maximum absolute atomic E-state index is 9.73. The number of aromatic nitrogens is 1. The topological polar surface area (TPSA) is 70.4 Å². The monoisotopic (exact) mass is 496 g/mol. The number of halogens is 2. The molecule has 4 rings (SSSR count). The quantitative estimate of drug-likeness (QED) is 0.375. The van der Waals surface area contributed by atoms with Crippen LogP contribution in [0, 0.1) is 11.3 Å². The molecule has 0 unspecified atom stereocenters. The molecule has 6 nitrogen and oxygen atoms in total. The van der Waals surface area contributed by atoms with Crippen LogP contribution in [0.1, 0.15) is 30.4 Å². The zero-order chi connectivity index (χ0) is 24.1. The van der Waals surface area contributed by atoms with Crippen LogP contribution >= 0.6 is 23.2 Å². The van der Waals surface area contributed by atoms with Crippen LogP contribution < -0.4 is 14.8 Å². The van der Waals surface area contributed by atoms with Gasteiger partial charge in [-0.05, 0) is 50.6 Å². The van der Waals surface area contributed by atoms with Crippen molar-refractivity contribution < 1.29 is 9.47 Å². The van der Waals surface area contributed by atoms with Crippen LogP contribution in [0.15, 0.2) is 36.5 Å². The molecule has 0 aliphatic carbocycles. The number of nitrogens with one attached hydrogen (secondary N) is 1. The minimum atomic E-state index is 0.383. The fourth-order valence-corrected chi connectivity index (χ4v) is 4.66. The summed E-state index contributed by atoms with van der Waals surface area (Å²) < 4.78 is 11.0. The molecule has 1 N–H and O–H groups in total. The van der Waals surface area contributed by atoms with Gasteiger partial charge < -0.3 is 19.7 Å². The lowest BCUT2D eigenvalue weighted by atomic mass is 10.0. The van der Waals surface area contributed by atoms with Gasteiger partial charge in [0, 0.05) is 29.8 Å². The summed E-state index contributed by atoms with van der Waals surface area (Å²) in [7, 11) is 3.17. The Hall–Kier alpha value is -2.98. The Balaban J connectivity index is 1.69. The smallest absolute Gasteiger partial charge is 0.139 e. The Morgan fingerprint density at radius 1 is 1.09 bits per heavy atom. The lowest BCUT2D eigenvalue weighted by Gasteiger charge is -2.16. The summed E-state index contributed by atoms with van der Waals surface area (Å²) in [6.45, 7) is 3.45. The predicted octanol–water partition coefficient (Wildman–Crippen LogP) is 6.67. The van der Waals surface area contributed by atoms with Crippen LogP contribution in [0.4, 0.5) is 11.4 Å². The lowest BCUT2D eigenvalue weighted by Crippen LogP contribution is -2.19. The average Bonchev–Trinajstić information content (AvgIpc) is 3.36. The summed E-state index contributed by atoms with van der Waals surface area (Å²) in [5, 5.41) is 14.6. The summed E-state index contributed by atoms with van der Waals surface area (Å²) in [6, 6.07) is 9.37. The van der Waals surface area contributed by atoms with Gasteiger partial charge >= 0.3 is 0 Å². The zero-order valence-corrected chi connectivity index (χ0v) is 20.7. The standard InChI is InChI=1S/C26H26Cl2N4O2/c1-33-24-12-19-22(11-17(24)7-3-4-8-32-9-5-6-10-32)30-16-18(15-29)26(19)31-23-14-25(34-2)21(28)13-20(23)27/h3,7,11-14,16H,4-6,8-10H2,1-2H3,(H,30,31)/b7-3+. The highest BCUT2D eigenvalue weighted by molar-refractivity contribution is 6.37. The van der Waals surface area contributed by atoms with Crippen molar-refractivity contribution in [3.8, 4) is 17.6 Å². The van der Waals surface area contributed by atoms with E-state index in [1.54, 1.807) is 25.4 Å². The van der Waals surface area contributed by atoms with Crippen LogP contribution in [-0.2, 0) is 0 Å². The number of rotatable bonds is 8. The summed E-state index contributed by atoms with van der Waals surface area (Å²) in [4.78, 5) is 7.00. The van der Waals surface area contributed by atoms with Gasteiger partial charge in [-0.25, -0.2) is 0 Å². The number of anilines is 2. The van der Waals surface area contributed by atoms with E-state index in [0.717, 1.165) is 29.4 Å². The number of nitrogens with zero attached hydrogens (tertiary/aromatic N) is 3. The van der Waals surface area contributed by atoms with Gasteiger partial charge in [0.25, 0.3) is 0 Å². The van der Waals surface area contributed by atoms with Crippen molar-refractivity contribution in [2.75, 3.05) is 39.2 Å². The van der Waals surface area contributed by atoms with Crippen molar-refractivity contribution in [2.24, 2.45) is 0 Å². The first-order valence-electron chi connectivity index (χ1n) is 11.1. The molecule has 1 saturated heterocycles. The maximum atomic E-state index is 9.73. The van der Waals surface area contributed by atoms with Crippen LogP contribution in [-0.4, -0.2) is 43.7 Å². The highest BCUT2D eigenvalue weighted by Gasteiger charge is 2.16. The molecule has 1 aromatic heterocycles. The number of hydrogen-bond acceptors (Lipinski definition) is 6. The highest BCUT2D eigenvalue weighted by Crippen LogP contribution is 2.39. The van der Waals surface area contributed by atoms with Gasteiger partial charge in [-0.1, -0.05) is 35.4 Å². The van der Waals surface area contributed by atoms with E-state index in [2.05, 4.69) is 33.4 Å². The Kier molecular flexibility index (Phi) is 7.79. The fraction of sp³-hybridized carbons (Fsp3) is 0.308. The van der Waals surface area contributed by atoms with Crippen molar-refractivity contribution in [3.63, 3.8) is 0 Å². The van der Waals surface area contributed by atoms with Gasteiger partial charge in [0.15, 0.2) is 0 Å². The van der Waals surface area contributed by atoms with Crippen LogP contribution in [0.3, 0.4) is 0 Å². The SMILES string of the molecule is COc1cc(Nc2c(C#N)cnc3cc(/C=C/CCN4CCCC4)c(OC)cc23)c(Cl)cc1Cl. The van der Waals surface area contributed by atoms with E-state index in [1.165, 1.54) is 33.0 Å². The van der Waals surface area contributed by atoms with Crippen molar-refractivity contribution in [1.29, 1.82) is 5.26 Å². The van der Waals surface area contributed by atoms with Gasteiger partial charge in [-0.2, -0.15) is 5.26 Å². The Labute approximate surface area is 209 Å². The largest absolute Gasteiger partial charge is 0.496 e. The van der Waals surface area contributed by atoms with Gasteiger partial charge in [-0.3, -0.25) is 4.98 Å². The molecule has 0 atom stereocenters. The molecule has 0 spiro atoms. The van der Waals surface area contributed by atoms with E-state index >= 15 is 0 Å². The molecular formula is C26H26Cl2N4O2. The molecule has 34 heavy (non-hydrogen) atoms. The Morgan fingerprint density at radius 3 is 2.56 bits per heavy atom. The Morgan fingerprint density at radius 2 is 1.85 bits per heavy atom. The van der Waals surface area contributed by atoms with Crippen molar-refractivity contribution in [3.05, 3.63) is 57.7 Å². The molecule has 8 heteroatoms. The molecule has 0 saturated carbocycles. The summed E-state index contributed by atoms with van der Waals surface area (Å²) in [5.41, 5.74) is 3.20. The molecule has 0 bridgehead atoms. The Bertz CT molecular complexity index is 1260. The van der Waals surface area contributed by atoms with E-state index in [4.69, 9.17) is 32.7 Å². The molecule has 176 valence electrons. The lowest BCUT2D eigenvalue weighted by molar-refractivity contribution is 0.346. The second kappa shape index (κ2) is 11.0. The molecule has 1 aliphatic heterocycles. The van der Waals surface area contributed by atoms with Crippen molar-refractivity contribution in [1.82, 2.24) is 9.88 Å². The number of fused-ring (bicyclic) bond motifs is 1. The van der Waals surface area contributed by atoms with Crippen molar-refractivity contribution in [2.45, 2.75) is 19.3 Å². The molecule has 3 aromatic rings. The maximum Gasteiger partial charge on any atom is 0.139 e. The molecule has 1 fully saturated rings. The fourth-order valence-electron chi connectivity index (χ4n) is 4.15. The van der Waals surface area contributed by atoms with Gasteiger partial charge in [-0.15, -0.1) is 0 Å². The van der Waals surface area contributed by atoms with E-state index < -0.39 is 0 Å². The molecular weight excluding hydrogens is 471 g/mol. The number of hydrogen-bond donors (Lipinski definition) is 1. The third-order valence-electron chi connectivity index (χ3n) is 5.95. The number of methoxy groups -OCH3 is 2. The van der Waals surface area contributed by atoms with E-state index in [-0.39, 0.29) is 0 Å². The third-order valence-corrected chi connectivity index (χ3v) is 6.56. The molecule has 1 aliphatic rings. The van der Waals surface area contributed by atoms with Crippen LogP contribution in [0.2, 0.25) is 10.0 Å². The minimum absolute atomic E-state index is 0.383. The number of ether oxygens (including phenoxy) is 2. The van der Waals surface area contributed by atoms with E-state index in [9.17, 15) is 5.26 Å². The normalized spacial score (nSPS) is 14.0. The minimum Gasteiger partial charge on any atom is -0.496 e. The van der Waals surface area contributed by atoms with E-state index in [0.29, 0.717) is 38.5 Å². The number of benzene rings is 2. The van der Waals surface area contributed by atoms with E-state index in [1.807, 2.05) is 12.1 Å². The number of pyridine rings is 1. The molecule has 0 amide bonds. The van der Waals surface area contributed by atoms with Crippen molar-refractivity contribution >= 4 is 51.6 Å². The molecule has 2 aromatic carbocycles. The van der Waals surface area contributed by atoms with Crippen LogP contribution in [0.5, 0.6) is 11.5 Å². The van der Waals surface area contributed by atoms with Gasteiger partial charge in [0.1, 0.15) is 17.6 Å². The predicted molar refractivity (Wildman–Crippen MR) is 139 cm³/mol. The number of likely N-dealkylation sites (tertiary alicyclic amines) is 1. The van der Waals surface area contributed by atoms with Gasteiger partial charge in [0.05, 0.1) is 46.7 Å². The second-order valence-electron chi connectivity index (χ2n) is 8.10. The van der Waals surface area contributed by atoms with Crippen LogP contribution in [0.25, 0.3) is 17.0 Å². The first-order chi connectivity index (χ1) is 16.5. The summed E-state index contributed by atoms with van der Waals surface area (Å²) in [6.07, 6.45) is 9.36. The average molecular weight is 497 g/mol. The first kappa shape index (κ1) is 24.2. The third kappa shape index (κ3) is 5.23.